The zero-order valence-corrected chi connectivity index (χ0v) is 11.0. The van der Waals surface area contributed by atoms with Gasteiger partial charge in [-0.3, -0.25) is 14.5 Å². The highest BCUT2D eigenvalue weighted by Crippen LogP contribution is 2.38. The van der Waals surface area contributed by atoms with E-state index in [2.05, 4.69) is 12.2 Å². The van der Waals surface area contributed by atoms with Gasteiger partial charge in [-0.25, -0.2) is 0 Å². The number of nitrogens with zero attached hydrogens (tertiary/aromatic N) is 1. The van der Waals surface area contributed by atoms with E-state index in [0.717, 1.165) is 25.8 Å². The Balaban J connectivity index is 1.71. The van der Waals surface area contributed by atoms with Crippen LogP contribution in [-0.4, -0.2) is 35.8 Å². The standard InChI is InChI=1S/C14H22N2O2/c1-9-3-2-6-15-12(9)8-16-13(17)10-4-5-11(7-10)14(16)18/h9-12,15H,2-8H2,1H3. The summed E-state index contributed by atoms with van der Waals surface area (Å²) in [6, 6.07) is 0.296. The molecule has 2 bridgehead atoms. The van der Waals surface area contributed by atoms with Crippen LogP contribution in [0.3, 0.4) is 0 Å². The number of amides is 2. The molecule has 0 aromatic heterocycles. The first kappa shape index (κ1) is 12.2. The number of carbonyl (C=O) groups excluding carboxylic acids is 2. The van der Waals surface area contributed by atoms with Crippen molar-refractivity contribution in [3.8, 4) is 0 Å². The molecule has 1 saturated carbocycles. The Labute approximate surface area is 108 Å². The molecule has 1 N–H and O–H groups in total. The van der Waals surface area contributed by atoms with Crippen molar-refractivity contribution in [1.82, 2.24) is 10.2 Å². The van der Waals surface area contributed by atoms with E-state index in [-0.39, 0.29) is 23.7 Å². The number of fused-ring (bicyclic) bond motifs is 2. The molecule has 2 heterocycles. The third-order valence-electron chi connectivity index (χ3n) is 4.97. The van der Waals surface area contributed by atoms with E-state index in [1.54, 1.807) is 4.90 Å². The minimum absolute atomic E-state index is 0.0910. The van der Waals surface area contributed by atoms with Gasteiger partial charge in [-0.05, 0) is 44.6 Å². The van der Waals surface area contributed by atoms with Crippen molar-refractivity contribution in [2.45, 2.75) is 45.1 Å². The molecular formula is C14H22N2O2. The van der Waals surface area contributed by atoms with Crippen molar-refractivity contribution in [3.63, 3.8) is 0 Å². The summed E-state index contributed by atoms with van der Waals surface area (Å²) < 4.78 is 0. The molecule has 4 nitrogen and oxygen atoms in total. The van der Waals surface area contributed by atoms with Crippen molar-refractivity contribution < 1.29 is 9.59 Å². The summed E-state index contributed by atoms with van der Waals surface area (Å²) in [6.07, 6.45) is 5.03. The second kappa shape index (κ2) is 4.65. The SMILES string of the molecule is CC1CCCNC1CN1C(=O)C2CCC(C2)C1=O. The normalized spacial score (nSPS) is 40.4. The number of nitrogens with one attached hydrogen (secondary N) is 1. The number of imide groups is 1. The van der Waals surface area contributed by atoms with Crippen LogP contribution in [0, 0.1) is 17.8 Å². The van der Waals surface area contributed by atoms with Crippen molar-refractivity contribution in [3.05, 3.63) is 0 Å². The zero-order valence-electron chi connectivity index (χ0n) is 11.0. The molecule has 2 saturated heterocycles. The van der Waals surface area contributed by atoms with Crippen molar-refractivity contribution >= 4 is 11.8 Å². The quantitative estimate of drug-likeness (QED) is 0.748. The Kier molecular flexibility index (Phi) is 3.14. The summed E-state index contributed by atoms with van der Waals surface area (Å²) >= 11 is 0. The van der Waals surface area contributed by atoms with Gasteiger partial charge in [0.15, 0.2) is 0 Å². The van der Waals surface area contributed by atoms with Gasteiger partial charge in [0.25, 0.3) is 0 Å². The van der Waals surface area contributed by atoms with E-state index >= 15 is 0 Å². The fourth-order valence-electron chi connectivity index (χ4n) is 3.71. The van der Waals surface area contributed by atoms with Gasteiger partial charge in [0.2, 0.25) is 11.8 Å². The van der Waals surface area contributed by atoms with E-state index in [4.69, 9.17) is 0 Å². The Morgan fingerprint density at radius 2 is 1.83 bits per heavy atom. The fraction of sp³-hybridized carbons (Fsp3) is 0.857. The molecule has 4 heteroatoms. The first-order valence-corrected chi connectivity index (χ1v) is 7.25. The summed E-state index contributed by atoms with van der Waals surface area (Å²) in [6.45, 7) is 3.81. The number of carbonyl (C=O) groups is 2. The molecule has 2 amide bonds. The summed E-state index contributed by atoms with van der Waals surface area (Å²) in [5.74, 6) is 0.999. The molecule has 0 spiro atoms. The third kappa shape index (κ3) is 1.96. The van der Waals surface area contributed by atoms with E-state index < -0.39 is 0 Å². The van der Waals surface area contributed by atoms with Crippen LogP contribution in [0.15, 0.2) is 0 Å². The molecule has 0 radical (unpaired) electrons. The largest absolute Gasteiger partial charge is 0.312 e. The summed E-state index contributed by atoms with van der Waals surface area (Å²) in [4.78, 5) is 26.1. The van der Waals surface area contributed by atoms with Crippen LogP contribution in [0.5, 0.6) is 0 Å². The van der Waals surface area contributed by atoms with Gasteiger partial charge in [0.1, 0.15) is 0 Å². The maximum Gasteiger partial charge on any atom is 0.232 e. The summed E-state index contributed by atoms with van der Waals surface area (Å²) in [7, 11) is 0. The predicted octanol–water partition coefficient (Wildman–Crippen LogP) is 1.16. The molecule has 3 aliphatic rings. The number of hydrogen-bond acceptors (Lipinski definition) is 3. The molecule has 1 aliphatic carbocycles. The van der Waals surface area contributed by atoms with Crippen molar-refractivity contribution in [2.75, 3.05) is 13.1 Å². The molecule has 4 atom stereocenters. The number of piperidine rings is 2. The lowest BCUT2D eigenvalue weighted by molar-refractivity contribution is -0.153. The second-order valence-corrected chi connectivity index (χ2v) is 6.17. The Morgan fingerprint density at radius 3 is 2.44 bits per heavy atom. The number of likely N-dealkylation sites (tertiary alicyclic amines) is 1. The van der Waals surface area contributed by atoms with Crippen LogP contribution < -0.4 is 5.32 Å². The molecule has 0 aromatic carbocycles. The van der Waals surface area contributed by atoms with E-state index in [1.165, 1.54) is 12.8 Å². The highest BCUT2D eigenvalue weighted by molar-refractivity contribution is 6.00. The van der Waals surface area contributed by atoms with Gasteiger partial charge >= 0.3 is 0 Å². The molecule has 4 unspecified atom stereocenters. The van der Waals surface area contributed by atoms with E-state index in [1.807, 2.05) is 0 Å². The van der Waals surface area contributed by atoms with Gasteiger partial charge in [0.05, 0.1) is 0 Å². The lowest BCUT2D eigenvalue weighted by Gasteiger charge is -2.37. The first-order chi connectivity index (χ1) is 8.66. The molecule has 2 aliphatic heterocycles. The lowest BCUT2D eigenvalue weighted by atomic mass is 9.90. The van der Waals surface area contributed by atoms with Gasteiger partial charge in [-0.15, -0.1) is 0 Å². The lowest BCUT2D eigenvalue weighted by Crippen LogP contribution is -2.54. The van der Waals surface area contributed by atoms with Crippen LogP contribution in [-0.2, 0) is 9.59 Å². The van der Waals surface area contributed by atoms with Gasteiger partial charge < -0.3 is 5.32 Å². The number of rotatable bonds is 2. The smallest absolute Gasteiger partial charge is 0.232 e. The maximum absolute atomic E-state index is 12.3. The minimum atomic E-state index is 0.0910. The Hall–Kier alpha value is -0.900. The maximum atomic E-state index is 12.3. The van der Waals surface area contributed by atoms with Crippen molar-refractivity contribution in [1.29, 1.82) is 0 Å². The Morgan fingerprint density at radius 1 is 1.17 bits per heavy atom. The van der Waals surface area contributed by atoms with Crippen LogP contribution in [0.4, 0.5) is 0 Å². The second-order valence-electron chi connectivity index (χ2n) is 6.17. The van der Waals surface area contributed by atoms with Gasteiger partial charge in [-0.2, -0.15) is 0 Å². The van der Waals surface area contributed by atoms with Crippen LogP contribution in [0.25, 0.3) is 0 Å². The number of hydrogen-bond donors (Lipinski definition) is 1. The molecule has 100 valence electrons. The zero-order chi connectivity index (χ0) is 12.7. The van der Waals surface area contributed by atoms with E-state index in [9.17, 15) is 9.59 Å². The molecule has 18 heavy (non-hydrogen) atoms. The van der Waals surface area contributed by atoms with E-state index in [0.29, 0.717) is 18.5 Å². The Bertz CT molecular complexity index is 347. The molecule has 3 fully saturated rings. The van der Waals surface area contributed by atoms with Crippen molar-refractivity contribution in [2.24, 2.45) is 17.8 Å². The highest BCUT2D eigenvalue weighted by atomic mass is 16.2. The first-order valence-electron chi connectivity index (χ1n) is 7.25. The average Bonchev–Trinajstić information content (AvgIpc) is 2.81. The molecular weight excluding hydrogens is 228 g/mol. The summed E-state index contributed by atoms with van der Waals surface area (Å²) in [5, 5.41) is 3.46. The van der Waals surface area contributed by atoms with Gasteiger partial charge in [0, 0.05) is 24.4 Å². The fourth-order valence-corrected chi connectivity index (χ4v) is 3.71. The van der Waals surface area contributed by atoms with Crippen LogP contribution in [0.1, 0.15) is 39.0 Å². The topological polar surface area (TPSA) is 49.4 Å². The third-order valence-corrected chi connectivity index (χ3v) is 4.97. The monoisotopic (exact) mass is 250 g/mol. The summed E-state index contributed by atoms with van der Waals surface area (Å²) in [5.41, 5.74) is 0. The minimum Gasteiger partial charge on any atom is -0.312 e. The average molecular weight is 250 g/mol. The van der Waals surface area contributed by atoms with Crippen LogP contribution >= 0.6 is 0 Å². The molecule has 0 aromatic rings. The van der Waals surface area contributed by atoms with Gasteiger partial charge in [-0.1, -0.05) is 6.92 Å². The van der Waals surface area contributed by atoms with Crippen LogP contribution in [0.2, 0.25) is 0 Å². The highest BCUT2D eigenvalue weighted by Gasteiger charge is 2.45. The molecule has 3 rings (SSSR count). The predicted molar refractivity (Wildman–Crippen MR) is 67.7 cm³/mol.